The number of amides is 2. The SMILES string of the molecule is CCNC(=O)NCc1cccc(-c2cccc([C@@H]3O[C@H](CN4CCC[C@H]4C(=O)OC(C)(C)C)C[C@H](c4ccc(CO)cc4)O3)c2)c1. The van der Waals surface area contributed by atoms with E-state index in [2.05, 4.69) is 39.8 Å². The van der Waals surface area contributed by atoms with Crippen molar-refractivity contribution in [2.24, 2.45) is 0 Å². The van der Waals surface area contributed by atoms with E-state index in [4.69, 9.17) is 14.2 Å². The number of aliphatic hydroxyl groups excluding tert-OH is 1. The van der Waals surface area contributed by atoms with Gasteiger partial charge in [-0.2, -0.15) is 0 Å². The molecular formula is C37H47N3O6. The fraction of sp³-hybridized carbons (Fsp3) is 0.459. The van der Waals surface area contributed by atoms with E-state index < -0.39 is 11.9 Å². The molecule has 0 aromatic heterocycles. The average molecular weight is 630 g/mol. The molecule has 3 aromatic rings. The number of hydrogen-bond donors (Lipinski definition) is 3. The van der Waals surface area contributed by atoms with Crippen molar-refractivity contribution in [3.63, 3.8) is 0 Å². The summed E-state index contributed by atoms with van der Waals surface area (Å²) in [6, 6.07) is 23.7. The summed E-state index contributed by atoms with van der Waals surface area (Å²) in [5, 5.41) is 15.2. The first-order valence-electron chi connectivity index (χ1n) is 16.3. The first-order valence-corrected chi connectivity index (χ1v) is 16.3. The molecule has 3 N–H and O–H groups in total. The number of likely N-dealkylation sites (tertiary alicyclic amines) is 1. The maximum atomic E-state index is 13.1. The molecule has 9 heteroatoms. The monoisotopic (exact) mass is 629 g/mol. The normalized spacial score (nSPS) is 21.9. The van der Waals surface area contributed by atoms with Gasteiger partial charge in [-0.1, -0.05) is 60.7 Å². The van der Waals surface area contributed by atoms with Crippen molar-refractivity contribution in [3.8, 4) is 11.1 Å². The van der Waals surface area contributed by atoms with E-state index in [0.29, 0.717) is 26.1 Å². The van der Waals surface area contributed by atoms with Crippen LogP contribution in [-0.4, -0.2) is 59.4 Å². The van der Waals surface area contributed by atoms with E-state index in [1.807, 2.05) is 76.2 Å². The van der Waals surface area contributed by atoms with E-state index >= 15 is 0 Å². The molecule has 4 atom stereocenters. The van der Waals surface area contributed by atoms with Gasteiger partial charge < -0.3 is 30.0 Å². The van der Waals surface area contributed by atoms with E-state index in [0.717, 1.165) is 52.8 Å². The second-order valence-corrected chi connectivity index (χ2v) is 13.1. The van der Waals surface area contributed by atoms with Crippen LogP contribution in [0.25, 0.3) is 11.1 Å². The number of aliphatic hydroxyl groups is 1. The van der Waals surface area contributed by atoms with Crippen molar-refractivity contribution >= 4 is 12.0 Å². The van der Waals surface area contributed by atoms with Gasteiger partial charge in [-0.3, -0.25) is 9.69 Å². The summed E-state index contributed by atoms with van der Waals surface area (Å²) in [4.78, 5) is 27.2. The predicted molar refractivity (Wildman–Crippen MR) is 177 cm³/mol. The molecule has 2 aliphatic rings. The number of esters is 1. The van der Waals surface area contributed by atoms with Gasteiger partial charge in [0.2, 0.25) is 0 Å². The van der Waals surface area contributed by atoms with Crippen molar-refractivity contribution in [2.75, 3.05) is 19.6 Å². The van der Waals surface area contributed by atoms with Crippen LogP contribution in [0.4, 0.5) is 4.79 Å². The minimum atomic E-state index is -0.619. The topological polar surface area (TPSA) is 109 Å². The van der Waals surface area contributed by atoms with Gasteiger partial charge in [-0.05, 0) is 87.0 Å². The van der Waals surface area contributed by atoms with Gasteiger partial charge in [0.1, 0.15) is 11.6 Å². The Bertz CT molecular complexity index is 1470. The molecule has 2 amide bonds. The third-order valence-electron chi connectivity index (χ3n) is 8.31. The van der Waals surface area contributed by atoms with Crippen LogP contribution in [0.2, 0.25) is 0 Å². The lowest BCUT2D eigenvalue weighted by atomic mass is 9.98. The van der Waals surface area contributed by atoms with Crippen molar-refractivity contribution < 1.29 is 28.9 Å². The largest absolute Gasteiger partial charge is 0.459 e. The van der Waals surface area contributed by atoms with Crippen LogP contribution in [0.15, 0.2) is 72.8 Å². The van der Waals surface area contributed by atoms with Gasteiger partial charge >= 0.3 is 12.0 Å². The van der Waals surface area contributed by atoms with Gasteiger partial charge in [0.25, 0.3) is 0 Å². The highest BCUT2D eigenvalue weighted by Gasteiger charge is 2.39. The first kappa shape index (κ1) is 33.6. The molecule has 3 aromatic carbocycles. The fourth-order valence-corrected chi connectivity index (χ4v) is 6.11. The first-order chi connectivity index (χ1) is 22.1. The molecule has 246 valence electrons. The number of carbonyl (C=O) groups excluding carboxylic acids is 2. The molecule has 5 rings (SSSR count). The van der Waals surface area contributed by atoms with E-state index in [-0.39, 0.29) is 36.9 Å². The smallest absolute Gasteiger partial charge is 0.323 e. The van der Waals surface area contributed by atoms with Gasteiger partial charge in [0, 0.05) is 31.6 Å². The number of hydrogen-bond acceptors (Lipinski definition) is 7. The van der Waals surface area contributed by atoms with Crippen LogP contribution in [0.1, 0.15) is 81.6 Å². The zero-order valence-corrected chi connectivity index (χ0v) is 27.3. The summed E-state index contributed by atoms with van der Waals surface area (Å²) in [6.45, 7) is 9.97. The molecule has 9 nitrogen and oxygen atoms in total. The quantitative estimate of drug-likeness (QED) is 0.236. The Morgan fingerprint density at radius 1 is 0.935 bits per heavy atom. The second kappa shape index (κ2) is 15.2. The summed E-state index contributed by atoms with van der Waals surface area (Å²) in [6.07, 6.45) is 1.30. The lowest BCUT2D eigenvalue weighted by Crippen LogP contribution is -2.45. The van der Waals surface area contributed by atoms with Gasteiger partial charge in [0.05, 0.1) is 18.8 Å². The summed E-state index contributed by atoms with van der Waals surface area (Å²) >= 11 is 0. The number of carbonyl (C=O) groups is 2. The minimum absolute atomic E-state index is 0.0167. The summed E-state index contributed by atoms with van der Waals surface area (Å²) in [5.74, 6) is -0.180. The molecular weight excluding hydrogens is 582 g/mol. The van der Waals surface area contributed by atoms with Crippen LogP contribution in [0, 0.1) is 0 Å². The van der Waals surface area contributed by atoms with Crippen molar-refractivity contribution in [1.29, 1.82) is 0 Å². The predicted octanol–water partition coefficient (Wildman–Crippen LogP) is 6.02. The molecule has 2 fully saturated rings. The molecule has 2 aliphatic heterocycles. The summed E-state index contributed by atoms with van der Waals surface area (Å²) in [5.41, 5.74) is 5.26. The van der Waals surface area contributed by atoms with Crippen molar-refractivity contribution in [1.82, 2.24) is 15.5 Å². The van der Waals surface area contributed by atoms with Crippen LogP contribution >= 0.6 is 0 Å². The number of rotatable bonds is 10. The van der Waals surface area contributed by atoms with Crippen molar-refractivity contribution in [2.45, 2.75) is 90.2 Å². The fourth-order valence-electron chi connectivity index (χ4n) is 6.11. The van der Waals surface area contributed by atoms with Crippen LogP contribution in [-0.2, 0) is 32.2 Å². The third-order valence-corrected chi connectivity index (χ3v) is 8.31. The molecule has 0 saturated carbocycles. The molecule has 46 heavy (non-hydrogen) atoms. The molecule has 0 unspecified atom stereocenters. The van der Waals surface area contributed by atoms with E-state index in [1.165, 1.54) is 0 Å². The zero-order chi connectivity index (χ0) is 32.7. The van der Waals surface area contributed by atoms with Crippen LogP contribution in [0.5, 0.6) is 0 Å². The highest BCUT2D eigenvalue weighted by atomic mass is 16.7. The highest BCUT2D eigenvalue weighted by molar-refractivity contribution is 5.76. The number of urea groups is 1. The Balaban J connectivity index is 1.36. The Labute approximate surface area is 272 Å². The number of ether oxygens (including phenoxy) is 3. The minimum Gasteiger partial charge on any atom is -0.459 e. The zero-order valence-electron chi connectivity index (χ0n) is 27.3. The standard InChI is InChI=1S/C37H47N3O6/c1-5-38-36(43)39-22-26-9-6-10-28(19-26)29-11-7-12-30(20-29)35-44-31(21-33(45-35)27-16-14-25(24-41)15-17-27)23-40-18-8-13-32(40)34(42)46-37(2,3)4/h6-7,9-12,14-17,19-20,31-33,35,41H,5,8,13,18,21-24H2,1-4H3,(H2,38,39,43)/t31-,32-,33+,35+/m0/s1. The Morgan fingerprint density at radius 2 is 1.67 bits per heavy atom. The molecule has 0 aliphatic carbocycles. The Hall–Kier alpha value is -3.76. The number of benzene rings is 3. The second-order valence-electron chi connectivity index (χ2n) is 13.1. The molecule has 0 radical (unpaired) electrons. The third kappa shape index (κ3) is 8.94. The molecule has 0 bridgehead atoms. The summed E-state index contributed by atoms with van der Waals surface area (Å²) in [7, 11) is 0. The maximum absolute atomic E-state index is 13.1. The van der Waals surface area contributed by atoms with Gasteiger partial charge in [0.15, 0.2) is 6.29 Å². The van der Waals surface area contributed by atoms with Crippen LogP contribution < -0.4 is 10.6 Å². The van der Waals surface area contributed by atoms with E-state index in [1.54, 1.807) is 0 Å². The highest BCUT2D eigenvalue weighted by Crippen LogP contribution is 2.39. The lowest BCUT2D eigenvalue weighted by molar-refractivity contribution is -0.253. The van der Waals surface area contributed by atoms with Crippen molar-refractivity contribution in [3.05, 3.63) is 95.1 Å². The van der Waals surface area contributed by atoms with E-state index in [9.17, 15) is 14.7 Å². The van der Waals surface area contributed by atoms with Crippen LogP contribution in [0.3, 0.4) is 0 Å². The number of nitrogens with zero attached hydrogens (tertiary/aromatic N) is 1. The molecule has 0 spiro atoms. The van der Waals surface area contributed by atoms with Gasteiger partial charge in [-0.15, -0.1) is 0 Å². The average Bonchev–Trinajstić information content (AvgIpc) is 3.51. The molecule has 2 saturated heterocycles. The molecule has 2 heterocycles. The Morgan fingerprint density at radius 3 is 2.39 bits per heavy atom. The lowest BCUT2D eigenvalue weighted by Gasteiger charge is -2.38. The summed E-state index contributed by atoms with van der Waals surface area (Å²) < 4.78 is 19.0. The Kier molecular flexibility index (Phi) is 11.1. The van der Waals surface area contributed by atoms with Gasteiger partial charge in [-0.25, -0.2) is 4.79 Å². The maximum Gasteiger partial charge on any atom is 0.323 e. The number of nitrogens with one attached hydrogen (secondary N) is 2.